The average molecular weight is 326 g/mol. The Balaban J connectivity index is 1.71. The van der Waals surface area contributed by atoms with Crippen molar-refractivity contribution in [1.82, 2.24) is 9.97 Å². The first-order valence-corrected chi connectivity index (χ1v) is 7.14. The van der Waals surface area contributed by atoms with Crippen LogP contribution in [0.1, 0.15) is 32.2 Å². The van der Waals surface area contributed by atoms with Crippen LogP contribution in [-0.4, -0.2) is 29.0 Å². The second-order valence-corrected chi connectivity index (χ2v) is 5.01. The monoisotopic (exact) mass is 326 g/mol. The van der Waals surface area contributed by atoms with Gasteiger partial charge < -0.3 is 13.9 Å². The van der Waals surface area contributed by atoms with E-state index in [1.807, 2.05) is 0 Å². The molecule has 0 saturated heterocycles. The molecule has 7 nitrogen and oxygen atoms in total. The summed E-state index contributed by atoms with van der Waals surface area (Å²) < 4.78 is 15.3. The van der Waals surface area contributed by atoms with Gasteiger partial charge in [0.1, 0.15) is 23.7 Å². The Bertz CT molecular complexity index is 916. The molecule has 24 heavy (non-hydrogen) atoms. The number of aryl methyl sites for hydroxylation is 1. The number of carbonyl (C=O) groups excluding carboxylic acids is 2. The summed E-state index contributed by atoms with van der Waals surface area (Å²) in [7, 11) is 1.29. The highest BCUT2D eigenvalue weighted by atomic mass is 16.5. The average Bonchev–Trinajstić information content (AvgIpc) is 2.99. The number of rotatable bonds is 4. The SMILES string of the molecule is COC(=O)c1cc(COC(=O)c2ccc3nccnc3c2)oc1C. The van der Waals surface area contributed by atoms with Crippen LogP contribution in [0.25, 0.3) is 11.0 Å². The third-order valence-corrected chi connectivity index (χ3v) is 3.42. The second-order valence-electron chi connectivity index (χ2n) is 5.01. The molecule has 3 rings (SSSR count). The molecule has 7 heteroatoms. The van der Waals surface area contributed by atoms with Crippen molar-refractivity contribution in [3.63, 3.8) is 0 Å². The van der Waals surface area contributed by atoms with E-state index in [0.29, 0.717) is 33.7 Å². The zero-order valence-corrected chi connectivity index (χ0v) is 13.1. The number of ether oxygens (including phenoxy) is 2. The molecule has 0 atom stereocenters. The molecule has 2 heterocycles. The molecule has 0 amide bonds. The fourth-order valence-corrected chi connectivity index (χ4v) is 2.24. The molecule has 122 valence electrons. The third kappa shape index (κ3) is 3.10. The van der Waals surface area contributed by atoms with Crippen LogP contribution in [0.15, 0.2) is 41.1 Å². The maximum Gasteiger partial charge on any atom is 0.341 e. The number of fused-ring (bicyclic) bond motifs is 1. The Morgan fingerprint density at radius 2 is 1.83 bits per heavy atom. The minimum atomic E-state index is -0.517. The quantitative estimate of drug-likeness (QED) is 0.681. The van der Waals surface area contributed by atoms with E-state index in [-0.39, 0.29) is 6.61 Å². The van der Waals surface area contributed by atoms with Gasteiger partial charge in [0.25, 0.3) is 0 Å². The van der Waals surface area contributed by atoms with Crippen molar-refractivity contribution in [2.24, 2.45) is 0 Å². The number of carbonyl (C=O) groups is 2. The van der Waals surface area contributed by atoms with Crippen molar-refractivity contribution in [2.45, 2.75) is 13.5 Å². The zero-order valence-electron chi connectivity index (χ0n) is 13.1. The summed E-state index contributed by atoms with van der Waals surface area (Å²) in [5, 5.41) is 0. The van der Waals surface area contributed by atoms with E-state index >= 15 is 0 Å². The molecule has 3 aromatic rings. The van der Waals surface area contributed by atoms with Gasteiger partial charge in [-0.3, -0.25) is 9.97 Å². The number of aromatic nitrogens is 2. The maximum atomic E-state index is 12.1. The lowest BCUT2D eigenvalue weighted by Crippen LogP contribution is -2.05. The largest absolute Gasteiger partial charge is 0.465 e. The third-order valence-electron chi connectivity index (χ3n) is 3.42. The Hall–Kier alpha value is -3.22. The van der Waals surface area contributed by atoms with E-state index < -0.39 is 11.9 Å². The lowest BCUT2D eigenvalue weighted by atomic mass is 10.2. The maximum absolute atomic E-state index is 12.1. The van der Waals surface area contributed by atoms with Gasteiger partial charge >= 0.3 is 11.9 Å². The predicted molar refractivity (Wildman–Crippen MR) is 83.4 cm³/mol. The topological polar surface area (TPSA) is 91.5 Å². The first-order valence-electron chi connectivity index (χ1n) is 7.14. The van der Waals surface area contributed by atoms with Gasteiger partial charge in [-0.1, -0.05) is 0 Å². The number of methoxy groups -OCH3 is 1. The highest BCUT2D eigenvalue weighted by molar-refractivity contribution is 5.93. The Labute approximate surface area is 137 Å². The van der Waals surface area contributed by atoms with Crippen LogP contribution in [0.2, 0.25) is 0 Å². The normalized spacial score (nSPS) is 10.6. The zero-order chi connectivity index (χ0) is 17.1. The lowest BCUT2D eigenvalue weighted by Gasteiger charge is -2.03. The molecule has 0 bridgehead atoms. The van der Waals surface area contributed by atoms with E-state index in [9.17, 15) is 9.59 Å². The van der Waals surface area contributed by atoms with E-state index in [1.54, 1.807) is 37.5 Å². The van der Waals surface area contributed by atoms with Crippen LogP contribution < -0.4 is 0 Å². The van der Waals surface area contributed by atoms with Crippen molar-refractivity contribution < 1.29 is 23.5 Å². The first-order chi connectivity index (χ1) is 11.6. The number of hydrogen-bond donors (Lipinski definition) is 0. The summed E-state index contributed by atoms with van der Waals surface area (Å²) in [4.78, 5) is 32.0. The van der Waals surface area contributed by atoms with Gasteiger partial charge in [-0.25, -0.2) is 9.59 Å². The molecule has 2 aromatic heterocycles. The minimum absolute atomic E-state index is 0.0881. The molecule has 0 aliphatic rings. The molecule has 0 radical (unpaired) electrons. The van der Waals surface area contributed by atoms with Crippen LogP contribution in [-0.2, 0) is 16.1 Å². The molecule has 1 aromatic carbocycles. The fraction of sp³-hybridized carbons (Fsp3) is 0.176. The van der Waals surface area contributed by atoms with Crippen LogP contribution in [0.5, 0.6) is 0 Å². The molecule has 0 spiro atoms. The van der Waals surface area contributed by atoms with Gasteiger partial charge in [-0.15, -0.1) is 0 Å². The molecular weight excluding hydrogens is 312 g/mol. The van der Waals surface area contributed by atoms with Crippen LogP contribution in [0, 0.1) is 6.92 Å². The highest BCUT2D eigenvalue weighted by Crippen LogP contribution is 2.18. The van der Waals surface area contributed by atoms with Gasteiger partial charge in [-0.2, -0.15) is 0 Å². The first kappa shape index (κ1) is 15.7. The van der Waals surface area contributed by atoms with Crippen LogP contribution >= 0.6 is 0 Å². The summed E-state index contributed by atoms with van der Waals surface area (Å²) in [6, 6.07) is 6.43. The van der Waals surface area contributed by atoms with Crippen molar-refractivity contribution in [3.05, 3.63) is 59.3 Å². The van der Waals surface area contributed by atoms with Crippen molar-refractivity contribution in [3.8, 4) is 0 Å². The Morgan fingerprint density at radius 1 is 1.08 bits per heavy atom. The molecule has 0 N–H and O–H groups in total. The van der Waals surface area contributed by atoms with Crippen molar-refractivity contribution in [2.75, 3.05) is 7.11 Å². The minimum Gasteiger partial charge on any atom is -0.465 e. The molecule has 0 aliphatic heterocycles. The van der Waals surface area contributed by atoms with Gasteiger partial charge in [0.05, 0.1) is 23.7 Å². The van der Waals surface area contributed by atoms with Gasteiger partial charge in [0, 0.05) is 12.4 Å². The standard InChI is InChI=1S/C17H14N2O5/c1-10-13(17(21)22-2)8-12(24-10)9-23-16(20)11-3-4-14-15(7-11)19-6-5-18-14/h3-8H,9H2,1-2H3. The Kier molecular flexibility index (Phi) is 4.24. The summed E-state index contributed by atoms with van der Waals surface area (Å²) in [6.45, 7) is 1.55. The number of hydrogen-bond acceptors (Lipinski definition) is 7. The number of benzene rings is 1. The summed E-state index contributed by atoms with van der Waals surface area (Å²) >= 11 is 0. The van der Waals surface area contributed by atoms with Gasteiger partial charge in [0.2, 0.25) is 0 Å². The molecule has 0 saturated carbocycles. The lowest BCUT2D eigenvalue weighted by molar-refractivity contribution is 0.0444. The highest BCUT2D eigenvalue weighted by Gasteiger charge is 2.17. The summed E-state index contributed by atoms with van der Waals surface area (Å²) in [5.74, 6) is -0.242. The van der Waals surface area contributed by atoms with Crippen LogP contribution in [0.3, 0.4) is 0 Å². The van der Waals surface area contributed by atoms with E-state index in [2.05, 4.69) is 14.7 Å². The summed E-state index contributed by atoms with van der Waals surface area (Å²) in [6.07, 6.45) is 3.13. The molecule has 0 unspecified atom stereocenters. The Morgan fingerprint density at radius 3 is 2.58 bits per heavy atom. The smallest absolute Gasteiger partial charge is 0.341 e. The number of esters is 2. The second kappa shape index (κ2) is 6.49. The van der Waals surface area contributed by atoms with Crippen molar-refractivity contribution >= 4 is 23.0 Å². The van der Waals surface area contributed by atoms with E-state index in [0.717, 1.165) is 0 Å². The van der Waals surface area contributed by atoms with Gasteiger partial charge in [0.15, 0.2) is 0 Å². The predicted octanol–water partition coefficient (Wildman–Crippen LogP) is 2.67. The number of nitrogens with zero attached hydrogens (tertiary/aromatic N) is 2. The van der Waals surface area contributed by atoms with Crippen molar-refractivity contribution in [1.29, 1.82) is 0 Å². The van der Waals surface area contributed by atoms with E-state index in [1.165, 1.54) is 13.2 Å². The molecule has 0 fully saturated rings. The summed E-state index contributed by atoms with van der Waals surface area (Å²) in [5.41, 5.74) is 1.97. The number of furan rings is 1. The molecule has 0 aliphatic carbocycles. The van der Waals surface area contributed by atoms with Gasteiger partial charge in [-0.05, 0) is 31.2 Å². The van der Waals surface area contributed by atoms with E-state index in [4.69, 9.17) is 9.15 Å². The molecular formula is C17H14N2O5. The van der Waals surface area contributed by atoms with Crippen LogP contribution in [0.4, 0.5) is 0 Å². The fourth-order valence-electron chi connectivity index (χ4n) is 2.24.